The Morgan fingerprint density at radius 3 is 3.05 bits per heavy atom. The molecule has 1 fully saturated rings. The highest BCUT2D eigenvalue weighted by Gasteiger charge is 2.34. The van der Waals surface area contributed by atoms with E-state index in [1.54, 1.807) is 0 Å². The number of benzene rings is 1. The average molecular weight is 285 g/mol. The molecule has 0 saturated heterocycles. The number of para-hydroxylation sites is 1. The van der Waals surface area contributed by atoms with Crippen molar-refractivity contribution in [3.8, 4) is 5.75 Å². The molecule has 110 valence electrons. The van der Waals surface area contributed by atoms with E-state index in [1.807, 2.05) is 25.2 Å². The van der Waals surface area contributed by atoms with Gasteiger partial charge < -0.3 is 14.6 Å². The number of ether oxygens (including phenoxy) is 1. The summed E-state index contributed by atoms with van der Waals surface area (Å²) in [5.41, 5.74) is 1.15. The van der Waals surface area contributed by atoms with E-state index in [2.05, 4.69) is 21.5 Å². The number of nitrogens with one attached hydrogen (secondary N) is 1. The van der Waals surface area contributed by atoms with Crippen LogP contribution >= 0.6 is 0 Å². The molecule has 0 bridgehead atoms. The van der Waals surface area contributed by atoms with Gasteiger partial charge in [0.25, 0.3) is 0 Å². The van der Waals surface area contributed by atoms with Gasteiger partial charge in [-0.05, 0) is 26.0 Å². The predicted molar refractivity (Wildman–Crippen MR) is 77.5 cm³/mol. The third-order valence-corrected chi connectivity index (χ3v) is 4.67. The minimum Gasteiger partial charge on any atom is -0.492 e. The summed E-state index contributed by atoms with van der Waals surface area (Å²) in [6.45, 7) is 0.596. The summed E-state index contributed by atoms with van der Waals surface area (Å²) in [7, 11) is 2.00. The van der Waals surface area contributed by atoms with Crippen LogP contribution < -0.4 is 10.1 Å². The van der Waals surface area contributed by atoms with Gasteiger partial charge in [-0.15, -0.1) is 0 Å². The minimum atomic E-state index is 0.0909. The number of nitrogens with zero attached hydrogens (tertiary/aromatic N) is 2. The molecule has 4 rings (SSSR count). The molecule has 1 saturated carbocycles. The van der Waals surface area contributed by atoms with E-state index in [1.165, 1.54) is 12.8 Å². The molecule has 1 aliphatic carbocycles. The summed E-state index contributed by atoms with van der Waals surface area (Å²) in [4.78, 5) is 4.67. The third-order valence-electron chi connectivity index (χ3n) is 4.67. The van der Waals surface area contributed by atoms with Gasteiger partial charge in [-0.1, -0.05) is 29.8 Å². The number of hydrogen-bond donors (Lipinski definition) is 1. The molecule has 0 radical (unpaired) electrons. The second kappa shape index (κ2) is 5.15. The highest BCUT2D eigenvalue weighted by molar-refractivity contribution is 5.42. The molecule has 1 aromatic heterocycles. The summed E-state index contributed by atoms with van der Waals surface area (Å²) >= 11 is 0. The van der Waals surface area contributed by atoms with Crippen LogP contribution in [0.4, 0.5) is 0 Å². The molecule has 1 N–H and O–H groups in total. The predicted octanol–water partition coefficient (Wildman–Crippen LogP) is 2.45. The Morgan fingerprint density at radius 2 is 2.14 bits per heavy atom. The Bertz CT molecular complexity index is 640. The van der Waals surface area contributed by atoms with Gasteiger partial charge >= 0.3 is 0 Å². The van der Waals surface area contributed by atoms with Gasteiger partial charge in [0.15, 0.2) is 5.82 Å². The molecule has 0 amide bonds. The molecule has 2 aliphatic rings. The third kappa shape index (κ3) is 2.12. The SMILES string of the molecule is CNC1CCCC1c1nc(C2COc3ccccc32)no1. The zero-order chi connectivity index (χ0) is 14.2. The number of fused-ring (bicyclic) bond motifs is 1. The molecule has 3 atom stereocenters. The van der Waals surface area contributed by atoms with Crippen molar-refractivity contribution in [2.45, 2.75) is 37.1 Å². The first-order chi connectivity index (χ1) is 10.4. The molecule has 2 heterocycles. The van der Waals surface area contributed by atoms with Gasteiger partial charge in [0, 0.05) is 11.6 Å². The quantitative estimate of drug-likeness (QED) is 0.938. The van der Waals surface area contributed by atoms with Crippen molar-refractivity contribution in [3.05, 3.63) is 41.5 Å². The highest BCUT2D eigenvalue weighted by Crippen LogP contribution is 2.38. The molecule has 0 spiro atoms. The lowest BCUT2D eigenvalue weighted by Gasteiger charge is -2.14. The Kier molecular flexibility index (Phi) is 3.15. The molecule has 2 aromatic rings. The van der Waals surface area contributed by atoms with Crippen molar-refractivity contribution in [2.24, 2.45) is 0 Å². The second-order valence-electron chi connectivity index (χ2n) is 5.82. The fourth-order valence-electron chi connectivity index (χ4n) is 3.52. The molecule has 5 nitrogen and oxygen atoms in total. The highest BCUT2D eigenvalue weighted by atomic mass is 16.5. The van der Waals surface area contributed by atoms with Gasteiger partial charge in [-0.2, -0.15) is 4.98 Å². The lowest BCUT2D eigenvalue weighted by molar-refractivity contribution is 0.321. The maximum Gasteiger partial charge on any atom is 0.231 e. The van der Waals surface area contributed by atoms with E-state index in [-0.39, 0.29) is 5.92 Å². The first-order valence-corrected chi connectivity index (χ1v) is 7.59. The van der Waals surface area contributed by atoms with Crippen LogP contribution in [0.25, 0.3) is 0 Å². The van der Waals surface area contributed by atoms with E-state index < -0.39 is 0 Å². The smallest absolute Gasteiger partial charge is 0.231 e. The molecule has 21 heavy (non-hydrogen) atoms. The number of hydrogen-bond acceptors (Lipinski definition) is 5. The fraction of sp³-hybridized carbons (Fsp3) is 0.500. The Morgan fingerprint density at radius 1 is 1.24 bits per heavy atom. The molecule has 3 unspecified atom stereocenters. The van der Waals surface area contributed by atoms with Gasteiger partial charge in [0.05, 0.1) is 11.8 Å². The van der Waals surface area contributed by atoms with E-state index in [0.717, 1.165) is 29.4 Å². The van der Waals surface area contributed by atoms with Gasteiger partial charge in [-0.3, -0.25) is 0 Å². The first kappa shape index (κ1) is 12.8. The van der Waals surface area contributed by atoms with Crippen LogP contribution in [0.3, 0.4) is 0 Å². The topological polar surface area (TPSA) is 60.2 Å². The van der Waals surface area contributed by atoms with Crippen LogP contribution in [-0.4, -0.2) is 29.8 Å². The summed E-state index contributed by atoms with van der Waals surface area (Å²) in [6, 6.07) is 8.53. The van der Waals surface area contributed by atoms with Gasteiger partial charge in [0.2, 0.25) is 5.89 Å². The zero-order valence-corrected chi connectivity index (χ0v) is 12.1. The van der Waals surface area contributed by atoms with Crippen molar-refractivity contribution in [2.75, 3.05) is 13.7 Å². The Labute approximate surface area is 123 Å². The maximum absolute atomic E-state index is 5.71. The minimum absolute atomic E-state index is 0.0909. The monoisotopic (exact) mass is 285 g/mol. The Balaban J connectivity index is 1.61. The Hall–Kier alpha value is -1.88. The van der Waals surface area contributed by atoms with Gasteiger partial charge in [-0.25, -0.2) is 0 Å². The maximum atomic E-state index is 5.71. The largest absolute Gasteiger partial charge is 0.492 e. The van der Waals surface area contributed by atoms with Crippen LogP contribution in [-0.2, 0) is 0 Å². The second-order valence-corrected chi connectivity index (χ2v) is 5.82. The van der Waals surface area contributed by atoms with E-state index >= 15 is 0 Å². The molecule has 1 aromatic carbocycles. The van der Waals surface area contributed by atoms with E-state index in [4.69, 9.17) is 9.26 Å². The summed E-state index contributed by atoms with van der Waals surface area (Å²) in [6.07, 6.45) is 3.50. The van der Waals surface area contributed by atoms with Crippen LogP contribution in [0, 0.1) is 0 Å². The number of rotatable bonds is 3. The number of aromatic nitrogens is 2. The van der Waals surface area contributed by atoms with Crippen molar-refractivity contribution in [1.82, 2.24) is 15.5 Å². The van der Waals surface area contributed by atoms with Crippen molar-refractivity contribution in [3.63, 3.8) is 0 Å². The molecule has 5 heteroatoms. The van der Waals surface area contributed by atoms with Crippen molar-refractivity contribution >= 4 is 0 Å². The summed E-state index contributed by atoms with van der Waals surface area (Å²) in [5.74, 6) is 2.88. The lowest BCUT2D eigenvalue weighted by atomic mass is 10.0. The number of likely N-dealkylation sites (N-methyl/N-ethyl adjacent to an activating group) is 1. The van der Waals surface area contributed by atoms with Gasteiger partial charge in [0.1, 0.15) is 12.4 Å². The van der Waals surface area contributed by atoms with Crippen LogP contribution in [0.15, 0.2) is 28.8 Å². The zero-order valence-electron chi connectivity index (χ0n) is 12.1. The lowest BCUT2D eigenvalue weighted by Crippen LogP contribution is -2.27. The first-order valence-electron chi connectivity index (χ1n) is 7.59. The summed E-state index contributed by atoms with van der Waals surface area (Å²) < 4.78 is 11.3. The van der Waals surface area contributed by atoms with Crippen LogP contribution in [0.1, 0.15) is 48.4 Å². The summed E-state index contributed by atoms with van der Waals surface area (Å²) in [5, 5.41) is 7.57. The standard InChI is InChI=1S/C16H19N3O2/c1-17-13-7-4-6-11(13)16-18-15(19-21-16)12-9-20-14-8-3-2-5-10(12)14/h2-3,5,8,11-13,17H,4,6-7,9H2,1H3. The fourth-order valence-corrected chi connectivity index (χ4v) is 3.52. The molecular weight excluding hydrogens is 266 g/mol. The van der Waals surface area contributed by atoms with Crippen LogP contribution in [0.5, 0.6) is 5.75 Å². The van der Waals surface area contributed by atoms with Crippen molar-refractivity contribution < 1.29 is 9.26 Å². The average Bonchev–Trinajstić information content (AvgIpc) is 3.24. The van der Waals surface area contributed by atoms with Crippen molar-refractivity contribution in [1.29, 1.82) is 0 Å². The molecule has 1 aliphatic heterocycles. The normalized spacial score (nSPS) is 27.6. The van der Waals surface area contributed by atoms with Crippen LogP contribution in [0.2, 0.25) is 0 Å². The van der Waals surface area contributed by atoms with E-state index in [0.29, 0.717) is 18.6 Å². The van der Waals surface area contributed by atoms with E-state index in [9.17, 15) is 0 Å². The molecular formula is C16H19N3O2.